The molecule has 6 saturated heterocycles. The van der Waals surface area contributed by atoms with E-state index >= 15 is 0 Å². The maximum absolute atomic E-state index is 9.92. The van der Waals surface area contributed by atoms with Crippen molar-refractivity contribution in [2.45, 2.75) is 199 Å². The van der Waals surface area contributed by atoms with Gasteiger partial charge in [-0.15, -0.1) is 0 Å². The summed E-state index contributed by atoms with van der Waals surface area (Å²) in [4.78, 5) is 7.43. The second kappa shape index (κ2) is 30.2. The van der Waals surface area contributed by atoms with Crippen molar-refractivity contribution in [2.24, 2.45) is 5.41 Å². The number of nitrogens with zero attached hydrogens (tertiary/aromatic N) is 3. The molecule has 4 N–H and O–H groups in total. The van der Waals surface area contributed by atoms with E-state index in [1.165, 1.54) is 60.9 Å². The zero-order valence-electron chi connectivity index (χ0n) is 53.4. The van der Waals surface area contributed by atoms with Crippen molar-refractivity contribution < 1.29 is 38.3 Å². The van der Waals surface area contributed by atoms with Crippen LogP contribution in [-0.4, -0.2) is 164 Å². The summed E-state index contributed by atoms with van der Waals surface area (Å²) in [5, 5.41) is 20.8. The minimum absolute atomic E-state index is 0.0365. The van der Waals surface area contributed by atoms with E-state index in [0.717, 1.165) is 102 Å². The normalized spacial score (nSPS) is 30.3. The molecule has 14 heteroatoms. The SMILES string of the molecule is C/C=C\C.CC.CCCC1(CC)NCCO1.COC(/C=C(\C)C1(C)CCN(C)C1C)=C(C)C.COc1cc(C23CCN(C)C2CC2(CC3)OCCO2)ccc1O.COc1ccc(C23CCN(C)C2CC2(CC3)NCCN2)cc1OC. The molecule has 6 heterocycles. The highest BCUT2D eigenvalue weighted by molar-refractivity contribution is 5.48. The van der Waals surface area contributed by atoms with Gasteiger partial charge in [0.1, 0.15) is 11.5 Å². The standard InChI is InChI=1S/C19H29N3O2.C18H25NO4.C15H27NO.C8H17NO.C4H8.C2H6/c1-22-11-8-18(14-4-5-15(23-2)16(12-14)24-3)6-7-19(13-17(18)22)20-9-10-21-19;1-19-8-7-17(13-3-4-14(20)15(11-13)21-2)5-6-18(12-16(17)19)22-9-10-23-18;1-11(2)14(17-7)10-12(3)15(5)8-9-16(6)13(15)4;1-3-5-8(4-2)9-6-7-10-8;1-3-4-2;1-2/h4-5,12,17,20-21H,6-11,13H2,1-3H3;3-4,11,16,20H,5-10,12H2,1-2H3;10,13H,8-9H2,1-7H3;9H,3-7H2,1-2H3;3-4H,1-2H3;1-2H3/b;;12-10+;;4-3-;. The minimum Gasteiger partial charge on any atom is -0.504 e. The summed E-state index contributed by atoms with van der Waals surface area (Å²) in [6.45, 7) is 32.4. The number of fused-ring (bicyclic) bond motifs is 2. The molecule has 7 unspecified atom stereocenters. The lowest BCUT2D eigenvalue weighted by molar-refractivity contribution is -0.194. The second-order valence-electron chi connectivity index (χ2n) is 24.0. The monoisotopic (exact) mass is 1120 g/mol. The third-order valence-electron chi connectivity index (χ3n) is 19.7. The Bertz CT molecular complexity index is 2300. The average Bonchev–Trinajstić information content (AvgIpc) is 4.41. The number of hydrogen-bond acceptors (Lipinski definition) is 14. The van der Waals surface area contributed by atoms with Crippen LogP contribution in [-0.2, 0) is 29.8 Å². The maximum atomic E-state index is 9.92. The largest absolute Gasteiger partial charge is 0.504 e. The van der Waals surface area contributed by atoms with E-state index in [0.29, 0.717) is 37.1 Å². The fraction of sp³-hybridized carbons (Fsp3) is 0.727. The van der Waals surface area contributed by atoms with Gasteiger partial charge in [-0.1, -0.05) is 70.9 Å². The molecule has 2 saturated carbocycles. The Hall–Kier alpha value is -3.70. The molecule has 0 radical (unpaired) electrons. The summed E-state index contributed by atoms with van der Waals surface area (Å²) in [7, 11) is 13.5. The number of rotatable bonds is 11. The van der Waals surface area contributed by atoms with Crippen molar-refractivity contribution in [1.82, 2.24) is 30.7 Å². The highest BCUT2D eigenvalue weighted by atomic mass is 16.7. The Morgan fingerprint density at radius 3 is 1.70 bits per heavy atom. The maximum Gasteiger partial charge on any atom is 0.170 e. The number of aromatic hydroxyl groups is 1. The number of likely N-dealkylation sites (N-methyl/N-ethyl adjacent to an activating group) is 2. The first kappa shape index (κ1) is 67.1. The molecule has 6 aliphatic heterocycles. The van der Waals surface area contributed by atoms with Crippen LogP contribution in [0.1, 0.15) is 164 Å². The lowest BCUT2D eigenvalue weighted by Gasteiger charge is -2.49. The number of ether oxygens (including phenoxy) is 7. The fourth-order valence-electron chi connectivity index (χ4n) is 14.2. The highest BCUT2D eigenvalue weighted by Gasteiger charge is 2.57. The molecule has 8 fully saturated rings. The van der Waals surface area contributed by atoms with Crippen LogP contribution in [0.3, 0.4) is 0 Å². The number of benzene rings is 2. The molecule has 0 amide bonds. The van der Waals surface area contributed by atoms with E-state index < -0.39 is 0 Å². The summed E-state index contributed by atoms with van der Waals surface area (Å²) in [6.07, 6.45) is 19.6. The van der Waals surface area contributed by atoms with Crippen molar-refractivity contribution in [3.05, 3.63) is 82.7 Å². The molecule has 2 aliphatic carbocycles. The third-order valence-corrected chi connectivity index (χ3v) is 19.7. The lowest BCUT2D eigenvalue weighted by atomic mass is 9.63. The second-order valence-corrected chi connectivity index (χ2v) is 24.0. The van der Waals surface area contributed by atoms with Gasteiger partial charge in [-0.25, -0.2) is 0 Å². The summed E-state index contributed by atoms with van der Waals surface area (Å²) < 4.78 is 39.3. The van der Waals surface area contributed by atoms with Crippen LogP contribution in [0.5, 0.6) is 23.0 Å². The Kier molecular flexibility index (Phi) is 25.3. The van der Waals surface area contributed by atoms with Gasteiger partial charge >= 0.3 is 0 Å². The van der Waals surface area contributed by atoms with Gasteiger partial charge in [0.05, 0.1) is 53.9 Å². The van der Waals surface area contributed by atoms with Crippen LogP contribution in [0.25, 0.3) is 0 Å². The smallest absolute Gasteiger partial charge is 0.170 e. The minimum atomic E-state index is -0.381. The van der Waals surface area contributed by atoms with E-state index in [-0.39, 0.29) is 39.2 Å². The topological polar surface area (TPSA) is 131 Å². The third kappa shape index (κ3) is 15.0. The summed E-state index contributed by atoms with van der Waals surface area (Å²) >= 11 is 0. The van der Waals surface area contributed by atoms with Crippen LogP contribution < -0.4 is 30.2 Å². The van der Waals surface area contributed by atoms with Crippen molar-refractivity contribution in [3.63, 3.8) is 0 Å². The zero-order valence-corrected chi connectivity index (χ0v) is 53.4. The Morgan fingerprint density at radius 2 is 1.21 bits per heavy atom. The molecule has 454 valence electrons. The van der Waals surface area contributed by atoms with Crippen molar-refractivity contribution in [2.75, 3.05) is 109 Å². The Morgan fingerprint density at radius 1 is 0.662 bits per heavy atom. The number of likely N-dealkylation sites (tertiary alicyclic amines) is 3. The van der Waals surface area contributed by atoms with Crippen LogP contribution in [0, 0.1) is 5.41 Å². The first-order valence-corrected chi connectivity index (χ1v) is 30.6. The molecule has 8 aliphatic rings. The lowest BCUT2D eigenvalue weighted by Crippen LogP contribution is -2.60. The Balaban J connectivity index is 0.000000196. The quantitative estimate of drug-likeness (QED) is 0.0967. The van der Waals surface area contributed by atoms with Gasteiger partial charge in [-0.05, 0) is 187 Å². The summed E-state index contributed by atoms with van der Waals surface area (Å²) in [6, 6.07) is 13.9. The van der Waals surface area contributed by atoms with Gasteiger partial charge in [0.15, 0.2) is 28.8 Å². The zero-order chi connectivity index (χ0) is 58.9. The van der Waals surface area contributed by atoms with E-state index in [2.05, 4.69) is 131 Å². The number of allylic oxidation sites excluding steroid dienone is 4. The predicted molar refractivity (Wildman–Crippen MR) is 328 cm³/mol. The van der Waals surface area contributed by atoms with Crippen molar-refractivity contribution >= 4 is 0 Å². The van der Waals surface area contributed by atoms with E-state index in [4.69, 9.17) is 33.2 Å². The summed E-state index contributed by atoms with van der Waals surface area (Å²) in [5.41, 5.74) is 6.09. The Labute approximate surface area is 486 Å². The predicted octanol–water partition coefficient (Wildman–Crippen LogP) is 11.7. The number of hydrogen-bond donors (Lipinski definition) is 4. The van der Waals surface area contributed by atoms with Crippen molar-refractivity contribution in [3.8, 4) is 23.0 Å². The van der Waals surface area contributed by atoms with Crippen LogP contribution in [0.4, 0.5) is 0 Å². The molecule has 2 spiro atoms. The molecule has 2 aromatic rings. The van der Waals surface area contributed by atoms with Gasteiger partial charge in [-0.2, -0.15) is 0 Å². The molecular formula is C66H112N6O8. The molecule has 0 bridgehead atoms. The van der Waals surface area contributed by atoms with E-state index in [1.807, 2.05) is 45.9 Å². The molecule has 2 aromatic carbocycles. The molecule has 10 rings (SSSR count). The average molecular weight is 1120 g/mol. The molecular weight excluding hydrogens is 1000 g/mol. The van der Waals surface area contributed by atoms with Gasteiger partial charge < -0.3 is 53.0 Å². The molecule has 14 nitrogen and oxygen atoms in total. The number of methoxy groups -OCH3 is 4. The number of phenolic OH excluding ortho intramolecular Hbond substituents is 1. The first-order chi connectivity index (χ1) is 38.3. The van der Waals surface area contributed by atoms with Crippen LogP contribution in [0.15, 0.2) is 71.5 Å². The number of phenols is 1. The van der Waals surface area contributed by atoms with Gasteiger partial charge in [-0.3, -0.25) is 16.0 Å². The van der Waals surface area contributed by atoms with Gasteiger partial charge in [0.2, 0.25) is 0 Å². The molecule has 7 atom stereocenters. The van der Waals surface area contributed by atoms with Gasteiger partial charge in [0, 0.05) is 66.8 Å². The van der Waals surface area contributed by atoms with Gasteiger partial charge in [0.25, 0.3) is 0 Å². The van der Waals surface area contributed by atoms with E-state index in [9.17, 15) is 5.11 Å². The molecule has 0 aromatic heterocycles. The summed E-state index contributed by atoms with van der Waals surface area (Å²) in [5.74, 6) is 3.03. The van der Waals surface area contributed by atoms with E-state index in [1.54, 1.807) is 34.5 Å². The molecule has 80 heavy (non-hydrogen) atoms. The highest BCUT2D eigenvalue weighted by Crippen LogP contribution is 2.55. The van der Waals surface area contributed by atoms with Crippen LogP contribution in [0.2, 0.25) is 0 Å². The number of nitrogens with one attached hydrogen (secondary N) is 3. The van der Waals surface area contributed by atoms with Crippen LogP contribution >= 0.6 is 0 Å². The first-order valence-electron chi connectivity index (χ1n) is 30.6. The fourth-order valence-corrected chi connectivity index (χ4v) is 14.2. The van der Waals surface area contributed by atoms with Crippen molar-refractivity contribution in [1.29, 1.82) is 0 Å².